The van der Waals surface area contributed by atoms with Gasteiger partial charge in [-0.3, -0.25) is 4.98 Å². The highest BCUT2D eigenvalue weighted by molar-refractivity contribution is 9.11. The predicted molar refractivity (Wildman–Crippen MR) is 74.7 cm³/mol. The molecule has 0 saturated carbocycles. The van der Waals surface area contributed by atoms with Crippen LogP contribution < -0.4 is 5.73 Å². The van der Waals surface area contributed by atoms with Crippen molar-refractivity contribution in [3.8, 4) is 11.5 Å². The van der Waals surface area contributed by atoms with Gasteiger partial charge in [0.05, 0.1) is 6.04 Å². The van der Waals surface area contributed by atoms with Crippen LogP contribution in [0.3, 0.4) is 0 Å². The van der Waals surface area contributed by atoms with Gasteiger partial charge in [0.15, 0.2) is 0 Å². The van der Waals surface area contributed by atoms with Gasteiger partial charge >= 0.3 is 0 Å². The molecular weight excluding hydrogens is 364 g/mol. The fraction of sp³-hybridized carbons (Fsp3) is 0.364. The lowest BCUT2D eigenvalue weighted by atomic mass is 10.1. The third-order valence-electron chi connectivity index (χ3n) is 2.46. The summed E-state index contributed by atoms with van der Waals surface area (Å²) in [5.74, 6) is 1.09. The number of nitrogens with zero attached hydrogens (tertiary/aromatic N) is 3. The van der Waals surface area contributed by atoms with Crippen LogP contribution in [0.1, 0.15) is 25.8 Å². The van der Waals surface area contributed by atoms with Gasteiger partial charge in [0.1, 0.15) is 5.69 Å². The molecule has 5 nitrogen and oxygen atoms in total. The van der Waals surface area contributed by atoms with Gasteiger partial charge in [-0.25, -0.2) is 0 Å². The minimum absolute atomic E-state index is 0.236. The molecule has 7 heteroatoms. The van der Waals surface area contributed by atoms with Crippen LogP contribution in [0.4, 0.5) is 0 Å². The summed E-state index contributed by atoms with van der Waals surface area (Å²) < 4.78 is 6.84. The standard InChI is InChI=1S/C11H12Br2N4O/c1-5(2)8(14)11-16-10(17-18-11)9-7(13)3-6(12)4-15-9/h3-5,8H,14H2,1-2H3. The summed E-state index contributed by atoms with van der Waals surface area (Å²) in [5.41, 5.74) is 6.58. The predicted octanol–water partition coefficient (Wildman–Crippen LogP) is 3.31. The third kappa shape index (κ3) is 2.78. The molecule has 0 amide bonds. The van der Waals surface area contributed by atoms with Crippen molar-refractivity contribution in [1.82, 2.24) is 15.1 Å². The smallest absolute Gasteiger partial charge is 0.244 e. The summed E-state index contributed by atoms with van der Waals surface area (Å²) in [5, 5.41) is 3.91. The zero-order chi connectivity index (χ0) is 13.3. The molecule has 0 aliphatic carbocycles. The summed E-state index contributed by atoms with van der Waals surface area (Å²) in [6.45, 7) is 4.00. The van der Waals surface area contributed by atoms with Crippen LogP contribution in [0.25, 0.3) is 11.5 Å². The number of hydrogen-bond acceptors (Lipinski definition) is 5. The Hall–Kier alpha value is -0.790. The quantitative estimate of drug-likeness (QED) is 0.890. The van der Waals surface area contributed by atoms with E-state index in [1.807, 2.05) is 19.9 Å². The zero-order valence-corrected chi connectivity index (χ0v) is 13.1. The average Bonchev–Trinajstić information content (AvgIpc) is 2.77. The first-order valence-electron chi connectivity index (χ1n) is 5.39. The maximum Gasteiger partial charge on any atom is 0.244 e. The van der Waals surface area contributed by atoms with Gasteiger partial charge in [-0.1, -0.05) is 19.0 Å². The number of rotatable bonds is 3. The summed E-state index contributed by atoms with van der Waals surface area (Å²) in [6.07, 6.45) is 1.68. The van der Waals surface area contributed by atoms with Crippen molar-refractivity contribution in [2.45, 2.75) is 19.9 Å². The maximum absolute atomic E-state index is 5.96. The topological polar surface area (TPSA) is 77.8 Å². The monoisotopic (exact) mass is 374 g/mol. The van der Waals surface area contributed by atoms with Gasteiger partial charge in [-0.15, -0.1) is 0 Å². The molecule has 96 valence electrons. The first-order valence-corrected chi connectivity index (χ1v) is 6.98. The highest BCUT2D eigenvalue weighted by Gasteiger charge is 2.20. The van der Waals surface area contributed by atoms with Crippen LogP contribution >= 0.6 is 31.9 Å². The van der Waals surface area contributed by atoms with E-state index in [4.69, 9.17) is 10.3 Å². The molecule has 0 saturated heterocycles. The van der Waals surface area contributed by atoms with E-state index in [1.54, 1.807) is 6.20 Å². The van der Waals surface area contributed by atoms with E-state index < -0.39 is 0 Å². The van der Waals surface area contributed by atoms with Gasteiger partial charge in [0.2, 0.25) is 11.7 Å². The Morgan fingerprint density at radius 1 is 1.33 bits per heavy atom. The molecule has 0 aliphatic rings. The summed E-state index contributed by atoms with van der Waals surface area (Å²) in [7, 11) is 0. The second-order valence-electron chi connectivity index (χ2n) is 4.21. The lowest BCUT2D eigenvalue weighted by Gasteiger charge is -2.09. The second-order valence-corrected chi connectivity index (χ2v) is 5.98. The Labute approximate surface area is 121 Å². The SMILES string of the molecule is CC(C)C(N)c1nc(-c2ncc(Br)cc2Br)no1. The number of aromatic nitrogens is 3. The largest absolute Gasteiger partial charge is 0.337 e. The molecule has 1 unspecified atom stereocenters. The minimum Gasteiger partial charge on any atom is -0.337 e. The van der Waals surface area contributed by atoms with Crippen molar-refractivity contribution in [1.29, 1.82) is 0 Å². The van der Waals surface area contributed by atoms with Crippen LogP contribution in [-0.4, -0.2) is 15.1 Å². The molecule has 1 atom stereocenters. The molecule has 0 aromatic carbocycles. The number of pyridine rings is 1. The molecule has 2 rings (SSSR count). The van der Waals surface area contributed by atoms with Crippen molar-refractivity contribution in [2.24, 2.45) is 11.7 Å². The maximum atomic E-state index is 5.96. The van der Waals surface area contributed by atoms with Crippen LogP contribution in [0, 0.1) is 5.92 Å². The number of nitrogens with two attached hydrogens (primary N) is 1. The van der Waals surface area contributed by atoms with Crippen LogP contribution in [0.15, 0.2) is 25.7 Å². The lowest BCUT2D eigenvalue weighted by molar-refractivity contribution is 0.325. The van der Waals surface area contributed by atoms with E-state index in [1.165, 1.54) is 0 Å². The van der Waals surface area contributed by atoms with E-state index in [-0.39, 0.29) is 12.0 Å². The minimum atomic E-state index is -0.263. The Bertz CT molecular complexity index is 556. The molecule has 0 radical (unpaired) electrons. The molecule has 2 aromatic rings. The van der Waals surface area contributed by atoms with Gasteiger partial charge < -0.3 is 10.3 Å². The van der Waals surface area contributed by atoms with Crippen molar-refractivity contribution < 1.29 is 4.52 Å². The van der Waals surface area contributed by atoms with E-state index in [0.29, 0.717) is 17.4 Å². The highest BCUT2D eigenvalue weighted by atomic mass is 79.9. The fourth-order valence-electron chi connectivity index (χ4n) is 1.33. The number of hydrogen-bond donors (Lipinski definition) is 1. The summed E-state index contributed by atoms with van der Waals surface area (Å²) in [4.78, 5) is 8.53. The summed E-state index contributed by atoms with van der Waals surface area (Å²) in [6, 6.07) is 1.61. The van der Waals surface area contributed by atoms with E-state index in [9.17, 15) is 0 Å². The molecule has 2 N–H and O–H groups in total. The Balaban J connectivity index is 2.35. The van der Waals surface area contributed by atoms with Gasteiger partial charge in [-0.05, 0) is 43.8 Å². The number of halogens is 2. The molecule has 0 spiro atoms. The fourth-order valence-corrected chi connectivity index (χ4v) is 2.50. The molecule has 18 heavy (non-hydrogen) atoms. The third-order valence-corrected chi connectivity index (χ3v) is 3.50. The zero-order valence-electron chi connectivity index (χ0n) is 9.89. The Morgan fingerprint density at radius 3 is 2.67 bits per heavy atom. The molecule has 2 heterocycles. The lowest BCUT2D eigenvalue weighted by Crippen LogP contribution is -2.16. The Morgan fingerprint density at radius 2 is 2.06 bits per heavy atom. The van der Waals surface area contributed by atoms with Gasteiger partial charge in [-0.2, -0.15) is 4.98 Å². The first-order chi connectivity index (χ1) is 8.49. The van der Waals surface area contributed by atoms with Crippen molar-refractivity contribution in [3.63, 3.8) is 0 Å². The summed E-state index contributed by atoms with van der Waals surface area (Å²) >= 11 is 6.75. The molecular formula is C11H12Br2N4O. The first kappa shape index (κ1) is 13.6. The van der Waals surface area contributed by atoms with Crippen LogP contribution in [0.2, 0.25) is 0 Å². The van der Waals surface area contributed by atoms with Crippen molar-refractivity contribution in [2.75, 3.05) is 0 Å². The van der Waals surface area contributed by atoms with Crippen molar-refractivity contribution >= 4 is 31.9 Å². The van der Waals surface area contributed by atoms with Gasteiger partial charge in [0.25, 0.3) is 0 Å². The van der Waals surface area contributed by atoms with Crippen molar-refractivity contribution in [3.05, 3.63) is 27.1 Å². The van der Waals surface area contributed by atoms with E-state index in [2.05, 4.69) is 47.0 Å². The Kier molecular flexibility index (Phi) is 4.14. The average molecular weight is 376 g/mol. The van der Waals surface area contributed by atoms with Crippen LogP contribution in [0.5, 0.6) is 0 Å². The molecule has 0 bridgehead atoms. The molecule has 0 fully saturated rings. The normalized spacial score (nSPS) is 13.0. The van der Waals surface area contributed by atoms with E-state index >= 15 is 0 Å². The van der Waals surface area contributed by atoms with Gasteiger partial charge in [0, 0.05) is 15.1 Å². The van der Waals surface area contributed by atoms with E-state index in [0.717, 1.165) is 8.95 Å². The van der Waals surface area contributed by atoms with Crippen LogP contribution in [-0.2, 0) is 0 Å². The molecule has 0 aliphatic heterocycles. The highest BCUT2D eigenvalue weighted by Crippen LogP contribution is 2.27. The second kappa shape index (κ2) is 5.46. The molecule has 2 aromatic heterocycles.